The Kier molecular flexibility index (Phi) is 5.01. The molecule has 0 bridgehead atoms. The van der Waals surface area contributed by atoms with Gasteiger partial charge in [0.1, 0.15) is 0 Å². The number of ether oxygens (including phenoxy) is 1. The lowest BCUT2D eigenvalue weighted by Gasteiger charge is -2.14. The van der Waals surface area contributed by atoms with E-state index >= 15 is 0 Å². The third-order valence-corrected chi connectivity index (χ3v) is 3.38. The van der Waals surface area contributed by atoms with Crippen LogP contribution in [0.15, 0.2) is 0 Å². The van der Waals surface area contributed by atoms with Crippen LogP contribution >= 0.6 is 11.3 Å². The molecule has 1 aromatic heterocycles. The number of hydrogen-bond acceptors (Lipinski definition) is 5. The molecule has 4 nitrogen and oxygen atoms in total. The summed E-state index contributed by atoms with van der Waals surface area (Å²) in [5.41, 5.74) is 0.917. The minimum absolute atomic E-state index is 0.0722. The molecule has 0 atom stereocenters. The number of thiazole rings is 1. The van der Waals surface area contributed by atoms with Crippen LogP contribution in [0.5, 0.6) is 0 Å². The van der Waals surface area contributed by atoms with Crippen LogP contribution in [0.2, 0.25) is 0 Å². The average molecular weight is 230 g/mol. The summed E-state index contributed by atoms with van der Waals surface area (Å²) in [6.45, 7) is 6.25. The Bertz CT molecular complexity index is 302. The maximum Gasteiger partial charge on any atom is 0.185 e. The van der Waals surface area contributed by atoms with E-state index in [0.717, 1.165) is 28.9 Å². The highest BCUT2D eigenvalue weighted by atomic mass is 32.1. The van der Waals surface area contributed by atoms with Crippen LogP contribution in [0.25, 0.3) is 0 Å². The lowest BCUT2D eigenvalue weighted by atomic mass is 10.4. The molecule has 0 aliphatic heterocycles. The molecule has 1 aromatic rings. The Balaban J connectivity index is 2.53. The first-order valence-corrected chi connectivity index (χ1v) is 5.86. The summed E-state index contributed by atoms with van der Waals surface area (Å²) in [6.07, 6.45) is 0. The summed E-state index contributed by atoms with van der Waals surface area (Å²) in [5.74, 6) is 0. The van der Waals surface area contributed by atoms with E-state index in [0.29, 0.717) is 6.61 Å². The number of likely N-dealkylation sites (N-methyl/N-ethyl adjacent to an activating group) is 1. The maximum absolute atomic E-state index is 9.05. The first-order valence-electron chi connectivity index (χ1n) is 5.05. The summed E-state index contributed by atoms with van der Waals surface area (Å²) in [7, 11) is 1.98. The highest BCUT2D eigenvalue weighted by Gasteiger charge is 2.09. The van der Waals surface area contributed by atoms with Gasteiger partial charge in [-0.3, -0.25) is 0 Å². The minimum Gasteiger partial charge on any atom is -0.391 e. The number of aliphatic hydroxyl groups is 1. The molecular formula is C10H18N2O2S. The fourth-order valence-corrected chi connectivity index (χ4v) is 2.07. The van der Waals surface area contributed by atoms with Gasteiger partial charge in [-0.25, -0.2) is 4.98 Å². The molecule has 15 heavy (non-hydrogen) atoms. The first-order chi connectivity index (χ1) is 7.19. The van der Waals surface area contributed by atoms with Gasteiger partial charge in [-0.2, -0.15) is 0 Å². The van der Waals surface area contributed by atoms with Crippen LogP contribution in [-0.2, 0) is 11.3 Å². The van der Waals surface area contributed by atoms with Crippen molar-refractivity contribution < 1.29 is 9.84 Å². The van der Waals surface area contributed by atoms with Gasteiger partial charge in [-0.1, -0.05) is 11.3 Å². The van der Waals surface area contributed by atoms with Crippen molar-refractivity contribution in [1.82, 2.24) is 4.98 Å². The molecule has 0 aromatic carbocycles. The third kappa shape index (κ3) is 3.44. The van der Waals surface area contributed by atoms with E-state index in [1.54, 1.807) is 0 Å². The van der Waals surface area contributed by atoms with Gasteiger partial charge in [0, 0.05) is 20.2 Å². The molecule has 1 heterocycles. The molecule has 1 rings (SSSR count). The largest absolute Gasteiger partial charge is 0.391 e. The van der Waals surface area contributed by atoms with Crippen molar-refractivity contribution in [3.8, 4) is 0 Å². The van der Waals surface area contributed by atoms with Gasteiger partial charge in [0.05, 0.1) is 23.8 Å². The van der Waals surface area contributed by atoms with E-state index in [1.165, 1.54) is 11.3 Å². The monoisotopic (exact) mass is 230 g/mol. The van der Waals surface area contributed by atoms with E-state index in [2.05, 4.69) is 4.98 Å². The van der Waals surface area contributed by atoms with Crippen LogP contribution in [0.4, 0.5) is 5.13 Å². The van der Waals surface area contributed by atoms with Crippen LogP contribution in [-0.4, -0.2) is 36.9 Å². The van der Waals surface area contributed by atoms with Crippen LogP contribution < -0.4 is 4.90 Å². The predicted octanol–water partition coefficient (Wildman–Crippen LogP) is 1.42. The minimum atomic E-state index is 0.0722. The van der Waals surface area contributed by atoms with Crippen LogP contribution in [0.3, 0.4) is 0 Å². The van der Waals surface area contributed by atoms with Crippen LogP contribution in [0.1, 0.15) is 17.5 Å². The molecule has 0 spiro atoms. The van der Waals surface area contributed by atoms with Gasteiger partial charge in [0.15, 0.2) is 5.13 Å². The Morgan fingerprint density at radius 3 is 2.80 bits per heavy atom. The maximum atomic E-state index is 9.05. The van der Waals surface area contributed by atoms with Gasteiger partial charge in [0.25, 0.3) is 0 Å². The first kappa shape index (κ1) is 12.4. The number of rotatable bonds is 6. The van der Waals surface area contributed by atoms with E-state index in [1.807, 2.05) is 25.8 Å². The highest BCUT2D eigenvalue weighted by molar-refractivity contribution is 7.15. The second-order valence-electron chi connectivity index (χ2n) is 3.28. The standard InChI is InChI=1S/C10H18N2O2S/c1-4-14-6-5-12(3)10-11-8(2)9(7-13)15-10/h13H,4-7H2,1-3H3. The van der Waals surface area contributed by atoms with Crippen molar-refractivity contribution in [2.75, 3.05) is 31.7 Å². The Hall–Kier alpha value is -0.650. The van der Waals surface area contributed by atoms with Crippen molar-refractivity contribution in [3.63, 3.8) is 0 Å². The number of anilines is 1. The Morgan fingerprint density at radius 2 is 2.27 bits per heavy atom. The van der Waals surface area contributed by atoms with Gasteiger partial charge in [0.2, 0.25) is 0 Å². The molecular weight excluding hydrogens is 212 g/mol. The molecule has 0 saturated heterocycles. The second kappa shape index (κ2) is 6.05. The zero-order chi connectivity index (χ0) is 11.3. The average Bonchev–Trinajstić information content (AvgIpc) is 2.60. The zero-order valence-corrected chi connectivity index (χ0v) is 10.3. The van der Waals surface area contributed by atoms with E-state index < -0.39 is 0 Å². The highest BCUT2D eigenvalue weighted by Crippen LogP contribution is 2.24. The molecule has 5 heteroatoms. The third-order valence-electron chi connectivity index (χ3n) is 2.13. The van der Waals surface area contributed by atoms with E-state index in [4.69, 9.17) is 9.84 Å². The Labute approximate surface area is 94.5 Å². The smallest absolute Gasteiger partial charge is 0.185 e. The van der Waals surface area contributed by atoms with Crippen molar-refractivity contribution in [2.45, 2.75) is 20.5 Å². The molecule has 86 valence electrons. The number of nitrogens with zero attached hydrogens (tertiary/aromatic N) is 2. The topological polar surface area (TPSA) is 45.6 Å². The molecule has 0 fully saturated rings. The summed E-state index contributed by atoms with van der Waals surface area (Å²) in [4.78, 5) is 7.38. The second-order valence-corrected chi connectivity index (χ2v) is 4.34. The van der Waals surface area contributed by atoms with Crippen molar-refractivity contribution in [2.24, 2.45) is 0 Å². The van der Waals surface area contributed by atoms with Crippen LogP contribution in [0, 0.1) is 6.92 Å². The zero-order valence-electron chi connectivity index (χ0n) is 9.49. The quantitative estimate of drug-likeness (QED) is 0.751. The molecule has 0 aliphatic rings. The van der Waals surface area contributed by atoms with Crippen molar-refractivity contribution in [1.29, 1.82) is 0 Å². The molecule has 0 saturated carbocycles. The van der Waals surface area contributed by atoms with Gasteiger partial charge in [-0.05, 0) is 13.8 Å². The SMILES string of the molecule is CCOCCN(C)c1nc(C)c(CO)s1. The summed E-state index contributed by atoms with van der Waals surface area (Å²) in [5, 5.41) is 10.00. The molecule has 0 amide bonds. The normalized spacial score (nSPS) is 10.7. The Morgan fingerprint density at radius 1 is 1.53 bits per heavy atom. The molecule has 0 aliphatic carbocycles. The number of aliphatic hydroxyl groups excluding tert-OH is 1. The predicted molar refractivity (Wildman–Crippen MR) is 62.5 cm³/mol. The van der Waals surface area contributed by atoms with Gasteiger partial charge in [-0.15, -0.1) is 0 Å². The lowest BCUT2D eigenvalue weighted by molar-refractivity contribution is 0.154. The fraction of sp³-hybridized carbons (Fsp3) is 0.700. The van der Waals surface area contributed by atoms with E-state index in [-0.39, 0.29) is 6.61 Å². The number of hydrogen-bond donors (Lipinski definition) is 1. The lowest BCUT2D eigenvalue weighted by Crippen LogP contribution is -2.22. The van der Waals surface area contributed by atoms with Gasteiger partial charge >= 0.3 is 0 Å². The summed E-state index contributed by atoms with van der Waals surface area (Å²) >= 11 is 1.53. The number of aromatic nitrogens is 1. The van der Waals surface area contributed by atoms with Gasteiger partial charge < -0.3 is 14.7 Å². The van der Waals surface area contributed by atoms with Crippen molar-refractivity contribution in [3.05, 3.63) is 10.6 Å². The molecule has 0 unspecified atom stereocenters. The molecule has 0 radical (unpaired) electrons. The van der Waals surface area contributed by atoms with E-state index in [9.17, 15) is 0 Å². The number of aryl methyl sites for hydroxylation is 1. The molecule has 1 N–H and O–H groups in total. The fourth-order valence-electron chi connectivity index (χ4n) is 1.16. The summed E-state index contributed by atoms with van der Waals surface area (Å²) < 4.78 is 5.27. The summed E-state index contributed by atoms with van der Waals surface area (Å²) in [6, 6.07) is 0. The van der Waals surface area contributed by atoms with Crippen molar-refractivity contribution >= 4 is 16.5 Å².